The molecule has 0 aliphatic carbocycles. The molecule has 0 unspecified atom stereocenters. The van der Waals surface area contributed by atoms with E-state index in [1.165, 1.54) is 24.3 Å². The molecule has 0 radical (unpaired) electrons. The summed E-state index contributed by atoms with van der Waals surface area (Å²) in [5.41, 5.74) is 0. The predicted molar refractivity (Wildman–Crippen MR) is 185 cm³/mol. The molecule has 0 aromatic heterocycles. The molecule has 7 aromatic rings. The lowest BCUT2D eigenvalue weighted by atomic mass is 10.2. The minimum absolute atomic E-state index is 0.329. The Hall–Kier alpha value is -6.80. The van der Waals surface area contributed by atoms with E-state index in [1.54, 1.807) is 109 Å². The SMILES string of the molecule is Fc1ccc(Oc2ccc(Oc3ccccc3Oc3ccccc3Oc3ccccc3Oc3ccc(Oc4ccc(F)cc4)cc3)cc2)cc1. The van der Waals surface area contributed by atoms with Crippen LogP contribution in [0.3, 0.4) is 0 Å². The Morgan fingerprint density at radius 3 is 0.680 bits per heavy atom. The topological polar surface area (TPSA) is 55.4 Å². The standard InChI is InChI=1S/C42H28F2O6/c43-29-13-17-31(18-14-29)45-33-21-25-35(26-22-33)47-37-7-1-3-9-39(37)49-41-11-5-6-12-42(41)50-40-10-4-2-8-38(40)48-36-27-23-34(24-28-36)46-32-19-15-30(44)16-20-32/h1-28H. The van der Waals surface area contributed by atoms with Crippen LogP contribution in [0.15, 0.2) is 170 Å². The number of para-hydroxylation sites is 6. The zero-order valence-corrected chi connectivity index (χ0v) is 26.4. The van der Waals surface area contributed by atoms with E-state index in [2.05, 4.69) is 0 Å². The molecule has 0 N–H and O–H groups in total. The van der Waals surface area contributed by atoms with Gasteiger partial charge in [-0.05, 0) is 133 Å². The van der Waals surface area contributed by atoms with Crippen LogP contribution in [0.1, 0.15) is 0 Å². The number of rotatable bonds is 12. The fraction of sp³-hybridized carbons (Fsp3) is 0. The second kappa shape index (κ2) is 15.0. The molecule has 7 rings (SSSR count). The maximum Gasteiger partial charge on any atom is 0.170 e. The quantitative estimate of drug-likeness (QED) is 0.129. The molecule has 246 valence electrons. The second-order valence-corrected chi connectivity index (χ2v) is 10.8. The first-order chi connectivity index (χ1) is 24.5. The summed E-state index contributed by atoms with van der Waals surface area (Å²) in [6.45, 7) is 0. The molecule has 0 bridgehead atoms. The molecule has 7 aromatic carbocycles. The lowest BCUT2D eigenvalue weighted by Gasteiger charge is -2.16. The van der Waals surface area contributed by atoms with E-state index in [1.807, 2.05) is 36.4 Å². The molecular weight excluding hydrogens is 638 g/mol. The number of hydrogen-bond acceptors (Lipinski definition) is 6. The Balaban J connectivity index is 1.03. The molecule has 0 aliphatic rings. The minimum atomic E-state index is -0.329. The first-order valence-corrected chi connectivity index (χ1v) is 15.6. The van der Waals surface area contributed by atoms with E-state index in [-0.39, 0.29) is 11.6 Å². The van der Waals surface area contributed by atoms with Crippen molar-refractivity contribution >= 4 is 0 Å². The van der Waals surface area contributed by atoms with Crippen LogP contribution in [0.4, 0.5) is 8.78 Å². The molecule has 6 nitrogen and oxygen atoms in total. The molecule has 0 fully saturated rings. The van der Waals surface area contributed by atoms with Gasteiger partial charge in [0.25, 0.3) is 0 Å². The Kier molecular flexibility index (Phi) is 9.51. The summed E-state index contributed by atoms with van der Waals surface area (Å²) in [5, 5.41) is 0. The van der Waals surface area contributed by atoms with Gasteiger partial charge in [-0.15, -0.1) is 0 Å². The Morgan fingerprint density at radius 1 is 0.220 bits per heavy atom. The third-order valence-electron chi connectivity index (χ3n) is 7.19. The van der Waals surface area contributed by atoms with E-state index >= 15 is 0 Å². The highest BCUT2D eigenvalue weighted by molar-refractivity contribution is 5.52. The molecule has 0 saturated heterocycles. The number of halogens is 2. The van der Waals surface area contributed by atoms with Crippen LogP contribution in [0.5, 0.6) is 69.0 Å². The van der Waals surface area contributed by atoms with Crippen molar-refractivity contribution in [2.75, 3.05) is 0 Å². The summed E-state index contributed by atoms with van der Waals surface area (Å²) in [5.74, 6) is 5.54. The van der Waals surface area contributed by atoms with Crippen LogP contribution < -0.4 is 28.4 Å². The van der Waals surface area contributed by atoms with Gasteiger partial charge in [0.05, 0.1) is 0 Å². The first kappa shape index (κ1) is 31.8. The van der Waals surface area contributed by atoms with Crippen molar-refractivity contribution in [3.63, 3.8) is 0 Å². The fourth-order valence-corrected chi connectivity index (χ4v) is 4.78. The van der Waals surface area contributed by atoms with Crippen LogP contribution in [0.2, 0.25) is 0 Å². The van der Waals surface area contributed by atoms with Crippen LogP contribution >= 0.6 is 0 Å². The van der Waals surface area contributed by atoms with Crippen molar-refractivity contribution in [2.45, 2.75) is 0 Å². The van der Waals surface area contributed by atoms with Gasteiger partial charge in [-0.2, -0.15) is 0 Å². The third-order valence-corrected chi connectivity index (χ3v) is 7.19. The van der Waals surface area contributed by atoms with Crippen molar-refractivity contribution in [2.24, 2.45) is 0 Å². The van der Waals surface area contributed by atoms with Gasteiger partial charge >= 0.3 is 0 Å². The van der Waals surface area contributed by atoms with Crippen molar-refractivity contribution < 1.29 is 37.2 Å². The summed E-state index contributed by atoms with van der Waals surface area (Å²) in [6.07, 6.45) is 0. The molecule has 0 aliphatic heterocycles. The fourth-order valence-electron chi connectivity index (χ4n) is 4.78. The zero-order chi connectivity index (χ0) is 34.1. The van der Waals surface area contributed by atoms with E-state index in [4.69, 9.17) is 28.4 Å². The maximum absolute atomic E-state index is 13.2. The Morgan fingerprint density at radius 2 is 0.420 bits per heavy atom. The highest BCUT2D eigenvalue weighted by Gasteiger charge is 2.14. The van der Waals surface area contributed by atoms with Gasteiger partial charge in [-0.1, -0.05) is 36.4 Å². The summed E-state index contributed by atoms with van der Waals surface area (Å²) in [6, 6.07) is 47.7. The highest BCUT2D eigenvalue weighted by Crippen LogP contribution is 2.42. The summed E-state index contributed by atoms with van der Waals surface area (Å²) >= 11 is 0. The highest BCUT2D eigenvalue weighted by atomic mass is 19.1. The van der Waals surface area contributed by atoms with E-state index in [9.17, 15) is 8.78 Å². The van der Waals surface area contributed by atoms with Crippen LogP contribution in [0.25, 0.3) is 0 Å². The molecule has 0 amide bonds. The monoisotopic (exact) mass is 666 g/mol. The molecule has 0 atom stereocenters. The van der Waals surface area contributed by atoms with Crippen LogP contribution in [-0.4, -0.2) is 0 Å². The normalized spacial score (nSPS) is 10.6. The van der Waals surface area contributed by atoms with Gasteiger partial charge < -0.3 is 28.4 Å². The van der Waals surface area contributed by atoms with Crippen molar-refractivity contribution in [1.82, 2.24) is 0 Å². The predicted octanol–water partition coefficient (Wildman–Crippen LogP) is 12.7. The van der Waals surface area contributed by atoms with Crippen LogP contribution in [0, 0.1) is 11.6 Å². The average molecular weight is 667 g/mol. The minimum Gasteiger partial charge on any atom is -0.457 e. The van der Waals surface area contributed by atoms with Gasteiger partial charge in [-0.3, -0.25) is 0 Å². The van der Waals surface area contributed by atoms with E-state index in [0.717, 1.165) is 0 Å². The second-order valence-electron chi connectivity index (χ2n) is 10.8. The van der Waals surface area contributed by atoms with E-state index < -0.39 is 0 Å². The van der Waals surface area contributed by atoms with Gasteiger partial charge in [0, 0.05) is 0 Å². The number of benzene rings is 7. The average Bonchev–Trinajstić information content (AvgIpc) is 3.14. The zero-order valence-electron chi connectivity index (χ0n) is 26.4. The van der Waals surface area contributed by atoms with Gasteiger partial charge in [0.15, 0.2) is 34.5 Å². The molecule has 0 saturated carbocycles. The lowest BCUT2D eigenvalue weighted by molar-refractivity contribution is 0.382. The largest absolute Gasteiger partial charge is 0.457 e. The number of hydrogen-bond donors (Lipinski definition) is 0. The Bertz CT molecular complexity index is 2010. The maximum atomic E-state index is 13.2. The first-order valence-electron chi connectivity index (χ1n) is 15.6. The molecule has 50 heavy (non-hydrogen) atoms. The van der Waals surface area contributed by atoms with Gasteiger partial charge in [-0.25, -0.2) is 8.78 Å². The smallest absolute Gasteiger partial charge is 0.170 e. The lowest BCUT2D eigenvalue weighted by Crippen LogP contribution is -1.94. The Labute approximate surface area is 287 Å². The number of ether oxygens (including phenoxy) is 6. The van der Waals surface area contributed by atoms with Crippen LogP contribution in [-0.2, 0) is 0 Å². The molecule has 0 heterocycles. The van der Waals surface area contributed by atoms with Gasteiger partial charge in [0.2, 0.25) is 0 Å². The molecule has 0 spiro atoms. The van der Waals surface area contributed by atoms with E-state index in [0.29, 0.717) is 69.0 Å². The van der Waals surface area contributed by atoms with Crippen molar-refractivity contribution in [1.29, 1.82) is 0 Å². The van der Waals surface area contributed by atoms with Crippen molar-refractivity contribution in [3.05, 3.63) is 181 Å². The third kappa shape index (κ3) is 8.18. The summed E-state index contributed by atoms with van der Waals surface area (Å²) in [4.78, 5) is 0. The van der Waals surface area contributed by atoms with Crippen molar-refractivity contribution in [3.8, 4) is 69.0 Å². The molecule has 8 heteroatoms. The summed E-state index contributed by atoms with van der Waals surface area (Å²) in [7, 11) is 0. The molecular formula is C42H28F2O6. The summed E-state index contributed by atoms with van der Waals surface area (Å²) < 4.78 is 63.1. The van der Waals surface area contributed by atoms with Gasteiger partial charge in [0.1, 0.15) is 46.1 Å².